The predicted octanol–water partition coefficient (Wildman–Crippen LogP) is 2.68. The molecule has 0 saturated carbocycles. The third-order valence-corrected chi connectivity index (χ3v) is 7.36. The van der Waals surface area contributed by atoms with Crippen molar-refractivity contribution in [2.75, 3.05) is 18.1 Å². The van der Waals surface area contributed by atoms with E-state index in [-0.39, 0.29) is 21.2 Å². The largest absolute Gasteiger partial charge is 0.398 e. The summed E-state index contributed by atoms with van der Waals surface area (Å²) in [5, 5.41) is 8.89. The number of hydrogen-bond donors (Lipinski definition) is 3. The van der Waals surface area contributed by atoms with Crippen LogP contribution in [0.15, 0.2) is 74.6 Å². The number of rotatable bonds is 8. The van der Waals surface area contributed by atoms with Crippen molar-refractivity contribution in [2.45, 2.75) is 9.79 Å². The second-order valence-corrected chi connectivity index (χ2v) is 11.2. The molecule has 12 nitrogen and oxygen atoms in total. The molecule has 0 bridgehead atoms. The van der Waals surface area contributed by atoms with Gasteiger partial charge in [0.15, 0.2) is 9.84 Å². The van der Waals surface area contributed by atoms with Gasteiger partial charge in [-0.05, 0) is 48.5 Å². The predicted molar refractivity (Wildman–Crippen MR) is 118 cm³/mol. The first-order valence-electron chi connectivity index (χ1n) is 8.92. The van der Waals surface area contributed by atoms with Crippen molar-refractivity contribution in [1.29, 1.82) is 0 Å². The summed E-state index contributed by atoms with van der Waals surface area (Å²) >= 11 is 0. The van der Waals surface area contributed by atoms with Gasteiger partial charge in [-0.3, -0.25) is 9.11 Å². The molecule has 0 unspecified atom stereocenters. The van der Waals surface area contributed by atoms with Gasteiger partial charge >= 0.3 is 10.4 Å². The molecule has 3 aromatic rings. The van der Waals surface area contributed by atoms with E-state index < -0.39 is 42.7 Å². The number of azo groups is 1. The summed E-state index contributed by atoms with van der Waals surface area (Å²) in [5.74, 6) is -0.679. The van der Waals surface area contributed by atoms with Gasteiger partial charge in [0.1, 0.15) is 0 Å². The molecule has 4 N–H and O–H groups in total. The number of hydrogen-bond acceptors (Lipinski definition) is 10. The maximum Gasteiger partial charge on any atom is 0.397 e. The van der Waals surface area contributed by atoms with Gasteiger partial charge in [0.2, 0.25) is 0 Å². The highest BCUT2D eigenvalue weighted by Crippen LogP contribution is 2.33. The highest BCUT2D eigenvalue weighted by molar-refractivity contribution is 7.91. The Morgan fingerprint density at radius 3 is 2.03 bits per heavy atom. The molecule has 0 atom stereocenters. The van der Waals surface area contributed by atoms with E-state index in [1.807, 2.05) is 0 Å². The second-order valence-electron chi connectivity index (χ2n) is 6.62. The molecule has 3 aromatic carbocycles. The highest BCUT2D eigenvalue weighted by Gasteiger charge is 2.17. The number of sulfone groups is 1. The average Bonchev–Trinajstić information content (AvgIpc) is 2.71. The molecule has 0 heterocycles. The van der Waals surface area contributed by atoms with Gasteiger partial charge in [-0.1, -0.05) is 6.07 Å². The first-order chi connectivity index (χ1) is 15.3. The SMILES string of the molecule is Nc1ccc(N=Nc2ccc(S(=O)(=O)CCOS(=O)(=O)O)cc2)c2cc(S(=O)(=O)O)ccc12. The third kappa shape index (κ3) is 6.31. The molecular formula is C18H17N3O9S3. The lowest BCUT2D eigenvalue weighted by molar-refractivity contribution is 0.284. The second kappa shape index (κ2) is 9.12. The van der Waals surface area contributed by atoms with Gasteiger partial charge in [-0.25, -0.2) is 12.6 Å². The molecule has 0 aliphatic carbocycles. The Morgan fingerprint density at radius 2 is 1.42 bits per heavy atom. The molecule has 15 heteroatoms. The van der Waals surface area contributed by atoms with Crippen LogP contribution in [0.3, 0.4) is 0 Å². The van der Waals surface area contributed by atoms with Gasteiger partial charge in [0.05, 0.1) is 33.5 Å². The van der Waals surface area contributed by atoms with Gasteiger partial charge in [0.25, 0.3) is 10.1 Å². The topological polar surface area (TPSA) is 203 Å². The van der Waals surface area contributed by atoms with E-state index in [9.17, 15) is 29.8 Å². The van der Waals surface area contributed by atoms with Crippen LogP contribution in [0.1, 0.15) is 0 Å². The third-order valence-electron chi connectivity index (χ3n) is 4.35. The zero-order valence-electron chi connectivity index (χ0n) is 16.6. The number of nitrogens with two attached hydrogens (primary N) is 1. The summed E-state index contributed by atoms with van der Waals surface area (Å²) in [4.78, 5) is -0.472. The summed E-state index contributed by atoms with van der Waals surface area (Å²) in [6.45, 7) is -0.752. The zero-order chi connectivity index (χ0) is 24.4. The minimum absolute atomic E-state index is 0.129. The lowest BCUT2D eigenvalue weighted by Crippen LogP contribution is -2.15. The number of benzene rings is 3. The number of nitrogen functional groups attached to an aromatic ring is 1. The van der Waals surface area contributed by atoms with Crippen LogP contribution in [0, 0.1) is 0 Å². The Balaban J connectivity index is 1.86. The summed E-state index contributed by atoms with van der Waals surface area (Å²) in [6.07, 6.45) is 0. The summed E-state index contributed by atoms with van der Waals surface area (Å²) in [6, 6.07) is 12.1. The van der Waals surface area contributed by atoms with E-state index in [0.717, 1.165) is 0 Å². The van der Waals surface area contributed by atoms with E-state index in [4.69, 9.17) is 10.3 Å². The maximum atomic E-state index is 12.2. The van der Waals surface area contributed by atoms with Crippen LogP contribution in [-0.2, 0) is 34.5 Å². The molecule has 0 radical (unpaired) electrons. The Kier molecular flexibility index (Phi) is 6.83. The standard InChI is InChI=1S/C18H17N3O9S3/c19-17-7-8-18(16-11-14(32(24,25)26)5-6-15(16)17)21-20-12-1-3-13(4-2-12)31(22,23)10-9-30-33(27,28)29/h1-8,11H,9-10,19H2,(H,24,25,26)(H,27,28,29). The van der Waals surface area contributed by atoms with Crippen LogP contribution in [0.5, 0.6) is 0 Å². The summed E-state index contributed by atoms with van der Waals surface area (Å²) in [7, 11) is -13.1. The molecule has 0 saturated heterocycles. The number of nitrogens with zero attached hydrogens (tertiary/aromatic N) is 2. The van der Waals surface area contributed by atoms with Crippen molar-refractivity contribution in [1.82, 2.24) is 0 Å². The highest BCUT2D eigenvalue weighted by atomic mass is 32.3. The zero-order valence-corrected chi connectivity index (χ0v) is 19.0. The van der Waals surface area contributed by atoms with Crippen molar-refractivity contribution < 1.29 is 38.5 Å². The van der Waals surface area contributed by atoms with Crippen LogP contribution < -0.4 is 5.73 Å². The van der Waals surface area contributed by atoms with Crippen molar-refractivity contribution >= 4 is 58.2 Å². The monoisotopic (exact) mass is 515 g/mol. The molecule has 176 valence electrons. The van der Waals surface area contributed by atoms with Crippen LogP contribution >= 0.6 is 0 Å². The molecule has 0 aliphatic heterocycles. The first-order valence-corrected chi connectivity index (χ1v) is 13.4. The van der Waals surface area contributed by atoms with Crippen LogP contribution in [0.2, 0.25) is 0 Å². The molecule has 0 aliphatic rings. The van der Waals surface area contributed by atoms with Crippen LogP contribution in [-0.4, -0.2) is 46.7 Å². The van der Waals surface area contributed by atoms with Crippen molar-refractivity contribution in [2.24, 2.45) is 10.2 Å². The van der Waals surface area contributed by atoms with Gasteiger partial charge < -0.3 is 5.73 Å². The van der Waals surface area contributed by atoms with Crippen LogP contribution in [0.25, 0.3) is 10.8 Å². The fourth-order valence-electron chi connectivity index (χ4n) is 2.78. The number of fused-ring (bicyclic) bond motifs is 1. The smallest absolute Gasteiger partial charge is 0.397 e. The maximum absolute atomic E-state index is 12.2. The summed E-state index contributed by atoms with van der Waals surface area (Å²) in [5.41, 5.74) is 6.79. The van der Waals surface area contributed by atoms with E-state index in [2.05, 4.69) is 14.4 Å². The number of anilines is 1. The van der Waals surface area contributed by atoms with Crippen molar-refractivity contribution in [3.8, 4) is 0 Å². The lowest BCUT2D eigenvalue weighted by Gasteiger charge is -2.07. The Hall–Kier alpha value is -2.95. The minimum Gasteiger partial charge on any atom is -0.398 e. The van der Waals surface area contributed by atoms with Crippen molar-refractivity contribution in [3.05, 3.63) is 54.6 Å². The fraction of sp³-hybridized carbons (Fsp3) is 0.111. The van der Waals surface area contributed by atoms with Crippen molar-refractivity contribution in [3.63, 3.8) is 0 Å². The molecule has 33 heavy (non-hydrogen) atoms. The quantitative estimate of drug-likeness (QED) is 0.227. The van der Waals surface area contributed by atoms with E-state index in [0.29, 0.717) is 16.5 Å². The van der Waals surface area contributed by atoms with E-state index in [1.54, 1.807) is 6.07 Å². The molecule has 3 rings (SSSR count). The first kappa shape index (κ1) is 24.7. The fourth-order valence-corrected chi connectivity index (χ4v) is 4.78. The lowest BCUT2D eigenvalue weighted by atomic mass is 10.1. The van der Waals surface area contributed by atoms with E-state index in [1.165, 1.54) is 48.5 Å². The molecule has 0 spiro atoms. The molecular weight excluding hydrogens is 498 g/mol. The minimum atomic E-state index is -4.75. The van der Waals surface area contributed by atoms with Crippen LogP contribution in [0.4, 0.5) is 17.1 Å². The van der Waals surface area contributed by atoms with Gasteiger partial charge in [-0.2, -0.15) is 21.9 Å². The van der Waals surface area contributed by atoms with E-state index >= 15 is 0 Å². The molecule has 0 amide bonds. The molecule has 0 fully saturated rings. The van der Waals surface area contributed by atoms with Gasteiger partial charge in [-0.15, -0.1) is 5.11 Å². The average molecular weight is 516 g/mol. The Labute approximate surface area is 189 Å². The molecule has 0 aromatic heterocycles. The Morgan fingerprint density at radius 1 is 0.788 bits per heavy atom. The Bertz CT molecular complexity index is 1550. The normalized spacial score (nSPS) is 13.0. The van der Waals surface area contributed by atoms with Gasteiger partial charge in [0, 0.05) is 16.5 Å². The summed E-state index contributed by atoms with van der Waals surface area (Å²) < 4.78 is 90.2.